The smallest absolute Gasteiger partial charge is 0.161 e. The minimum absolute atomic E-state index is 0.190. The minimum Gasteiger partial charge on any atom is -0.496 e. The van der Waals surface area contributed by atoms with Gasteiger partial charge in [-0.05, 0) is 97.6 Å². The van der Waals surface area contributed by atoms with Crippen molar-refractivity contribution in [2.24, 2.45) is 0 Å². The zero-order chi connectivity index (χ0) is 27.1. The van der Waals surface area contributed by atoms with Gasteiger partial charge >= 0.3 is 0 Å². The second-order valence-electron chi connectivity index (χ2n) is 10.6. The number of hydrogen-bond acceptors (Lipinski definition) is 3. The summed E-state index contributed by atoms with van der Waals surface area (Å²) in [6.45, 7) is 15.7. The quantitative estimate of drug-likeness (QED) is 0.280. The van der Waals surface area contributed by atoms with Crippen molar-refractivity contribution >= 4 is 23.6 Å². The Hall–Kier alpha value is -3.24. The number of aryl methyl sites for hydroxylation is 3. The van der Waals surface area contributed by atoms with Crippen LogP contribution in [0.1, 0.15) is 44.4 Å². The third-order valence-corrected chi connectivity index (χ3v) is 14.3. The van der Waals surface area contributed by atoms with Gasteiger partial charge in [0, 0.05) is 5.04 Å². The number of hydrogen-bond donors (Lipinski definition) is 0. The van der Waals surface area contributed by atoms with Crippen LogP contribution in [0.25, 0.3) is 0 Å². The number of allylic oxidation sites excluding steroid dienone is 4. The predicted molar refractivity (Wildman–Crippen MR) is 158 cm³/mol. The Morgan fingerprint density at radius 3 is 1.16 bits per heavy atom. The van der Waals surface area contributed by atoms with Gasteiger partial charge in [0.25, 0.3) is 0 Å². The maximum absolute atomic E-state index is 5.69. The van der Waals surface area contributed by atoms with E-state index in [0.29, 0.717) is 0 Å². The van der Waals surface area contributed by atoms with Crippen LogP contribution in [0.2, 0.25) is 5.04 Å². The lowest BCUT2D eigenvalue weighted by Gasteiger charge is -2.47. The molecule has 1 aliphatic rings. The van der Waals surface area contributed by atoms with E-state index in [0.717, 1.165) is 33.9 Å². The standard InChI is InChI=1S/C33H40O3Si/c1-21-17-27(11-14-30(21)34-8)37(28-12-15-31(35-9)22(2)18-28,29-13-16-32(36-10)23(3)19-29)33(7)20-24(4)25(5)26(33)6/h11-20H,1-10H3. The first-order valence-electron chi connectivity index (χ1n) is 12.9. The van der Waals surface area contributed by atoms with Gasteiger partial charge in [-0.2, -0.15) is 0 Å². The molecule has 4 heteroatoms. The van der Waals surface area contributed by atoms with Gasteiger partial charge in [0.1, 0.15) is 17.2 Å². The molecule has 0 aliphatic heterocycles. The molecule has 0 radical (unpaired) electrons. The SMILES string of the molecule is COc1ccc([Si](c2ccc(OC)c(C)c2)(c2ccc(OC)c(C)c2)C2(C)C=C(C)C(C)=C2C)cc1C. The first-order chi connectivity index (χ1) is 17.5. The molecular formula is C33H40O3Si. The fraction of sp³-hybridized carbons (Fsp3) is 0.333. The molecule has 0 bridgehead atoms. The number of benzene rings is 3. The second kappa shape index (κ2) is 9.90. The molecule has 0 amide bonds. The second-order valence-corrected chi connectivity index (χ2v) is 14.9. The minimum atomic E-state index is -2.76. The molecule has 0 heterocycles. The van der Waals surface area contributed by atoms with Crippen molar-refractivity contribution in [1.82, 2.24) is 0 Å². The van der Waals surface area contributed by atoms with E-state index >= 15 is 0 Å². The summed E-state index contributed by atoms with van der Waals surface area (Å²) in [5.41, 5.74) is 7.62. The Balaban J connectivity index is 2.23. The van der Waals surface area contributed by atoms with Crippen molar-refractivity contribution in [3.8, 4) is 17.2 Å². The van der Waals surface area contributed by atoms with Gasteiger partial charge in [-0.1, -0.05) is 60.5 Å². The molecule has 0 spiro atoms. The molecule has 194 valence electrons. The lowest BCUT2D eigenvalue weighted by Crippen LogP contribution is -2.73. The Bertz CT molecular complexity index is 1290. The van der Waals surface area contributed by atoms with E-state index < -0.39 is 8.07 Å². The molecule has 0 N–H and O–H groups in total. The van der Waals surface area contributed by atoms with E-state index in [1.807, 2.05) is 0 Å². The van der Waals surface area contributed by atoms with Gasteiger partial charge in [-0.25, -0.2) is 0 Å². The molecular weight excluding hydrogens is 472 g/mol. The van der Waals surface area contributed by atoms with E-state index in [-0.39, 0.29) is 5.04 Å². The van der Waals surface area contributed by atoms with Crippen LogP contribution in [-0.4, -0.2) is 29.4 Å². The number of methoxy groups -OCH3 is 3. The number of ether oxygens (including phenoxy) is 3. The molecule has 37 heavy (non-hydrogen) atoms. The van der Waals surface area contributed by atoms with Gasteiger partial charge in [-0.3, -0.25) is 0 Å². The van der Waals surface area contributed by atoms with Crippen molar-refractivity contribution in [1.29, 1.82) is 0 Å². The first-order valence-corrected chi connectivity index (χ1v) is 14.9. The molecule has 0 saturated heterocycles. The van der Waals surface area contributed by atoms with Gasteiger partial charge < -0.3 is 14.2 Å². The van der Waals surface area contributed by atoms with Crippen molar-refractivity contribution in [3.63, 3.8) is 0 Å². The highest BCUT2D eigenvalue weighted by Gasteiger charge is 2.56. The summed E-state index contributed by atoms with van der Waals surface area (Å²) in [7, 11) is 2.47. The summed E-state index contributed by atoms with van der Waals surface area (Å²) in [6, 6.07) is 20.4. The van der Waals surface area contributed by atoms with Crippen LogP contribution in [0.3, 0.4) is 0 Å². The largest absolute Gasteiger partial charge is 0.496 e. The Labute approximate surface area is 223 Å². The summed E-state index contributed by atoms with van der Waals surface area (Å²) < 4.78 is 17.1. The summed E-state index contributed by atoms with van der Waals surface area (Å²) >= 11 is 0. The summed E-state index contributed by atoms with van der Waals surface area (Å²) in [6.07, 6.45) is 2.53. The summed E-state index contributed by atoms with van der Waals surface area (Å²) in [5.74, 6) is 2.74. The van der Waals surface area contributed by atoms with Crippen LogP contribution in [0.4, 0.5) is 0 Å². The Morgan fingerprint density at radius 2 is 0.919 bits per heavy atom. The third-order valence-electron chi connectivity index (χ3n) is 8.70. The van der Waals surface area contributed by atoms with Crippen molar-refractivity contribution in [3.05, 3.63) is 94.1 Å². The highest BCUT2D eigenvalue weighted by atomic mass is 28.3. The van der Waals surface area contributed by atoms with Gasteiger partial charge in [0.2, 0.25) is 0 Å². The zero-order valence-electron chi connectivity index (χ0n) is 24.0. The summed E-state index contributed by atoms with van der Waals surface area (Å²) in [4.78, 5) is 0. The molecule has 3 aromatic rings. The molecule has 4 rings (SSSR count). The monoisotopic (exact) mass is 512 g/mol. The predicted octanol–water partition coefficient (Wildman–Crippen LogP) is 6.16. The van der Waals surface area contributed by atoms with Gasteiger partial charge in [-0.15, -0.1) is 0 Å². The average Bonchev–Trinajstić information content (AvgIpc) is 3.07. The van der Waals surface area contributed by atoms with Crippen LogP contribution in [-0.2, 0) is 0 Å². The van der Waals surface area contributed by atoms with Crippen molar-refractivity contribution in [2.45, 2.75) is 53.5 Å². The molecule has 1 atom stereocenters. The lowest BCUT2D eigenvalue weighted by molar-refractivity contribution is 0.412. The van der Waals surface area contributed by atoms with E-state index in [2.05, 4.69) is 109 Å². The van der Waals surface area contributed by atoms with Gasteiger partial charge in [0.05, 0.1) is 21.3 Å². The van der Waals surface area contributed by atoms with Crippen LogP contribution in [0.5, 0.6) is 17.2 Å². The van der Waals surface area contributed by atoms with Crippen LogP contribution in [0.15, 0.2) is 77.4 Å². The van der Waals surface area contributed by atoms with Crippen molar-refractivity contribution < 1.29 is 14.2 Å². The molecule has 1 unspecified atom stereocenters. The molecule has 3 aromatic carbocycles. The molecule has 0 aromatic heterocycles. The van der Waals surface area contributed by atoms with E-state index in [4.69, 9.17) is 14.2 Å². The van der Waals surface area contributed by atoms with Crippen LogP contribution in [0, 0.1) is 20.8 Å². The molecule has 3 nitrogen and oxygen atoms in total. The highest BCUT2D eigenvalue weighted by Crippen LogP contribution is 2.53. The molecule has 0 saturated carbocycles. The highest BCUT2D eigenvalue weighted by molar-refractivity contribution is 7.14. The topological polar surface area (TPSA) is 27.7 Å². The number of rotatable bonds is 7. The zero-order valence-corrected chi connectivity index (χ0v) is 25.0. The van der Waals surface area contributed by atoms with E-state index in [1.54, 1.807) is 21.3 Å². The fourth-order valence-electron chi connectivity index (χ4n) is 6.46. The third kappa shape index (κ3) is 4.02. The molecule has 0 fully saturated rings. The Kier molecular flexibility index (Phi) is 7.18. The fourth-order valence-corrected chi connectivity index (χ4v) is 12.7. The Morgan fingerprint density at radius 1 is 0.568 bits per heavy atom. The van der Waals surface area contributed by atoms with E-state index in [9.17, 15) is 0 Å². The van der Waals surface area contributed by atoms with Crippen molar-refractivity contribution in [2.75, 3.05) is 21.3 Å². The van der Waals surface area contributed by atoms with Gasteiger partial charge in [0.15, 0.2) is 8.07 Å². The first kappa shape index (κ1) is 26.8. The maximum atomic E-state index is 5.69. The maximum Gasteiger partial charge on any atom is 0.161 e. The van der Waals surface area contributed by atoms with Crippen LogP contribution < -0.4 is 29.8 Å². The van der Waals surface area contributed by atoms with E-state index in [1.165, 1.54) is 32.3 Å². The summed E-state index contributed by atoms with van der Waals surface area (Å²) in [5, 5.41) is 3.89. The van der Waals surface area contributed by atoms with Crippen LogP contribution >= 0.6 is 0 Å². The average molecular weight is 513 g/mol. The normalized spacial score (nSPS) is 17.6. The molecule has 1 aliphatic carbocycles. The lowest BCUT2D eigenvalue weighted by atomic mass is 10.0.